The molecule has 1 aromatic rings. The third-order valence-electron chi connectivity index (χ3n) is 4.94. The number of anilines is 1. The van der Waals surface area contributed by atoms with E-state index in [0.717, 1.165) is 63.5 Å². The molecule has 1 saturated heterocycles. The van der Waals surface area contributed by atoms with Gasteiger partial charge in [-0.1, -0.05) is 20.3 Å². The largest absolute Gasteiger partial charge is 0.494 e. The van der Waals surface area contributed by atoms with E-state index in [9.17, 15) is 4.79 Å². The fraction of sp³-hybridized carbons (Fsp3) is 0.682. The van der Waals surface area contributed by atoms with Crippen LogP contribution in [0.5, 0.6) is 5.75 Å². The van der Waals surface area contributed by atoms with Crippen molar-refractivity contribution in [3.63, 3.8) is 0 Å². The molecule has 1 aliphatic rings. The van der Waals surface area contributed by atoms with Crippen molar-refractivity contribution in [3.8, 4) is 5.75 Å². The Morgan fingerprint density at radius 3 is 2.50 bits per heavy atom. The summed E-state index contributed by atoms with van der Waals surface area (Å²) in [6, 6.07) is 7.55. The fourth-order valence-electron chi connectivity index (χ4n) is 3.26. The van der Waals surface area contributed by atoms with Gasteiger partial charge in [-0.05, 0) is 50.5 Å². The Balaban J connectivity index is 1.76. The van der Waals surface area contributed by atoms with Gasteiger partial charge >= 0.3 is 0 Å². The van der Waals surface area contributed by atoms with E-state index >= 15 is 0 Å². The number of carbonyl (C=O) groups is 1. The van der Waals surface area contributed by atoms with Gasteiger partial charge in [-0.25, -0.2) is 0 Å². The number of nitrogens with one attached hydrogen (secondary N) is 1. The first-order valence-corrected chi connectivity index (χ1v) is 10.6. The molecule has 28 heavy (non-hydrogen) atoms. The van der Waals surface area contributed by atoms with E-state index in [4.69, 9.17) is 14.2 Å². The molecule has 0 spiro atoms. The van der Waals surface area contributed by atoms with Gasteiger partial charge in [-0.2, -0.15) is 0 Å². The van der Waals surface area contributed by atoms with E-state index < -0.39 is 5.60 Å². The van der Waals surface area contributed by atoms with Crippen LogP contribution in [0, 0.1) is 0 Å². The SMILES string of the molecule is CCCO[C@@](C)(CCC)C(=O)Nc1ccc(OCCCN2CCOCC2)cc1. The lowest BCUT2D eigenvalue weighted by molar-refractivity contribution is -0.140. The summed E-state index contributed by atoms with van der Waals surface area (Å²) in [7, 11) is 0. The molecule has 1 heterocycles. The number of amides is 1. The van der Waals surface area contributed by atoms with Gasteiger partial charge in [0.2, 0.25) is 0 Å². The van der Waals surface area contributed by atoms with Crippen LogP contribution in [-0.4, -0.2) is 62.5 Å². The minimum absolute atomic E-state index is 0.0954. The summed E-state index contributed by atoms with van der Waals surface area (Å²) in [6.07, 6.45) is 3.47. The highest BCUT2D eigenvalue weighted by Gasteiger charge is 2.33. The summed E-state index contributed by atoms with van der Waals surface area (Å²) >= 11 is 0. The maximum absolute atomic E-state index is 12.7. The first-order valence-electron chi connectivity index (χ1n) is 10.6. The summed E-state index contributed by atoms with van der Waals surface area (Å²) in [5, 5.41) is 2.98. The van der Waals surface area contributed by atoms with E-state index in [-0.39, 0.29) is 5.91 Å². The molecule has 2 rings (SSSR count). The van der Waals surface area contributed by atoms with Crippen LogP contribution in [0.2, 0.25) is 0 Å². The maximum atomic E-state index is 12.7. The Labute approximate surface area is 169 Å². The van der Waals surface area contributed by atoms with Crippen LogP contribution in [0.25, 0.3) is 0 Å². The first kappa shape index (κ1) is 22.7. The van der Waals surface area contributed by atoms with E-state index in [1.54, 1.807) is 0 Å². The third-order valence-corrected chi connectivity index (χ3v) is 4.94. The van der Waals surface area contributed by atoms with Crippen molar-refractivity contribution in [3.05, 3.63) is 24.3 Å². The van der Waals surface area contributed by atoms with Gasteiger partial charge in [-0.15, -0.1) is 0 Å². The van der Waals surface area contributed by atoms with E-state index in [2.05, 4.69) is 17.1 Å². The van der Waals surface area contributed by atoms with Gasteiger partial charge in [0.1, 0.15) is 11.4 Å². The van der Waals surface area contributed by atoms with Gasteiger partial charge in [0.05, 0.1) is 19.8 Å². The molecule has 1 N–H and O–H groups in total. The number of nitrogens with zero attached hydrogens (tertiary/aromatic N) is 1. The maximum Gasteiger partial charge on any atom is 0.256 e. The Hall–Kier alpha value is -1.63. The molecule has 1 fully saturated rings. The molecule has 1 amide bonds. The number of hydrogen-bond donors (Lipinski definition) is 1. The average Bonchev–Trinajstić information content (AvgIpc) is 2.72. The summed E-state index contributed by atoms with van der Waals surface area (Å²) in [5.41, 5.74) is -0.0347. The average molecular weight is 393 g/mol. The second-order valence-electron chi connectivity index (χ2n) is 7.46. The topological polar surface area (TPSA) is 60.0 Å². The second-order valence-corrected chi connectivity index (χ2v) is 7.46. The minimum Gasteiger partial charge on any atom is -0.494 e. The lowest BCUT2D eigenvalue weighted by Crippen LogP contribution is -2.43. The summed E-state index contributed by atoms with van der Waals surface area (Å²) in [6.45, 7) is 11.9. The molecule has 0 unspecified atom stereocenters. The third kappa shape index (κ3) is 7.41. The summed E-state index contributed by atoms with van der Waals surface area (Å²) in [5.74, 6) is 0.723. The molecule has 0 saturated carbocycles. The number of hydrogen-bond acceptors (Lipinski definition) is 5. The van der Waals surface area contributed by atoms with Crippen LogP contribution < -0.4 is 10.1 Å². The summed E-state index contributed by atoms with van der Waals surface area (Å²) < 4.78 is 17.0. The molecule has 0 aromatic heterocycles. The molecule has 0 aliphatic carbocycles. The molecule has 158 valence electrons. The Morgan fingerprint density at radius 1 is 1.14 bits per heavy atom. The highest BCUT2D eigenvalue weighted by Crippen LogP contribution is 2.22. The van der Waals surface area contributed by atoms with Crippen molar-refractivity contribution in [2.75, 3.05) is 51.4 Å². The van der Waals surface area contributed by atoms with Crippen molar-refractivity contribution in [1.82, 2.24) is 4.90 Å². The molecule has 1 aliphatic heterocycles. The van der Waals surface area contributed by atoms with Gasteiger partial charge in [0.25, 0.3) is 5.91 Å². The number of morpholine rings is 1. The highest BCUT2D eigenvalue weighted by molar-refractivity contribution is 5.97. The molecule has 6 nitrogen and oxygen atoms in total. The van der Waals surface area contributed by atoms with E-state index in [1.807, 2.05) is 38.1 Å². The molecular weight excluding hydrogens is 356 g/mol. The van der Waals surface area contributed by atoms with Gasteiger partial charge in [0.15, 0.2) is 0 Å². The van der Waals surface area contributed by atoms with Crippen molar-refractivity contribution < 1.29 is 19.0 Å². The molecular formula is C22H36N2O4. The predicted octanol–water partition coefficient (Wildman–Crippen LogP) is 3.71. The van der Waals surface area contributed by atoms with Crippen LogP contribution in [0.3, 0.4) is 0 Å². The van der Waals surface area contributed by atoms with Crippen LogP contribution >= 0.6 is 0 Å². The smallest absolute Gasteiger partial charge is 0.256 e. The van der Waals surface area contributed by atoms with Crippen molar-refractivity contribution >= 4 is 11.6 Å². The molecule has 1 aromatic carbocycles. The zero-order valence-electron chi connectivity index (χ0n) is 17.7. The summed E-state index contributed by atoms with van der Waals surface area (Å²) in [4.78, 5) is 15.1. The fourth-order valence-corrected chi connectivity index (χ4v) is 3.26. The lowest BCUT2D eigenvalue weighted by atomic mass is 9.99. The number of ether oxygens (including phenoxy) is 3. The minimum atomic E-state index is -0.792. The van der Waals surface area contributed by atoms with Gasteiger partial charge < -0.3 is 19.5 Å². The van der Waals surface area contributed by atoms with Gasteiger partial charge in [-0.3, -0.25) is 9.69 Å². The monoisotopic (exact) mass is 392 g/mol. The zero-order chi connectivity index (χ0) is 20.2. The Bertz CT molecular complexity index is 572. The first-order chi connectivity index (χ1) is 13.6. The predicted molar refractivity (Wildman–Crippen MR) is 112 cm³/mol. The Kier molecular flexibility index (Phi) is 9.75. The lowest BCUT2D eigenvalue weighted by Gasteiger charge is -2.28. The number of rotatable bonds is 12. The van der Waals surface area contributed by atoms with Crippen molar-refractivity contribution in [2.45, 2.75) is 52.1 Å². The van der Waals surface area contributed by atoms with E-state index in [0.29, 0.717) is 19.6 Å². The van der Waals surface area contributed by atoms with Crippen LogP contribution in [0.15, 0.2) is 24.3 Å². The number of carbonyl (C=O) groups excluding carboxylic acids is 1. The van der Waals surface area contributed by atoms with Crippen LogP contribution in [0.1, 0.15) is 46.5 Å². The molecule has 1 atom stereocenters. The quantitative estimate of drug-likeness (QED) is 0.550. The van der Waals surface area contributed by atoms with Crippen molar-refractivity contribution in [2.24, 2.45) is 0 Å². The molecule has 0 radical (unpaired) electrons. The van der Waals surface area contributed by atoms with E-state index in [1.165, 1.54) is 0 Å². The molecule has 6 heteroatoms. The van der Waals surface area contributed by atoms with Gasteiger partial charge in [0, 0.05) is 31.9 Å². The second kappa shape index (κ2) is 12.0. The zero-order valence-corrected chi connectivity index (χ0v) is 17.7. The Morgan fingerprint density at radius 2 is 1.86 bits per heavy atom. The van der Waals surface area contributed by atoms with Crippen LogP contribution in [0.4, 0.5) is 5.69 Å². The normalized spacial score (nSPS) is 17.1. The van der Waals surface area contributed by atoms with Crippen LogP contribution in [-0.2, 0) is 14.3 Å². The standard InChI is InChI=1S/C22H36N2O4/c1-4-11-22(3,28-15-5-2)21(25)23-19-7-9-20(10-8-19)27-16-6-12-24-13-17-26-18-14-24/h7-10H,4-6,11-18H2,1-3H3,(H,23,25)/t22-/m0/s1. The number of benzene rings is 1. The van der Waals surface area contributed by atoms with Crippen molar-refractivity contribution in [1.29, 1.82) is 0 Å². The molecule has 0 bridgehead atoms. The highest BCUT2D eigenvalue weighted by atomic mass is 16.5.